The number of hydrazine groups is 1. The number of nitrogens with one attached hydrogen (secondary N) is 1. The van der Waals surface area contributed by atoms with Crippen molar-refractivity contribution in [1.29, 1.82) is 0 Å². The molecule has 5 heteroatoms. The van der Waals surface area contributed by atoms with Gasteiger partial charge in [0.15, 0.2) is 5.11 Å². The Labute approximate surface area is 102 Å². The highest BCUT2D eigenvalue weighted by atomic mass is 32.1. The van der Waals surface area contributed by atoms with Crippen molar-refractivity contribution in [3.8, 4) is 0 Å². The number of carbonyl (C=O) groups excluding carboxylic acids is 1. The second-order valence-corrected chi connectivity index (χ2v) is 5.87. The molecule has 2 bridgehead atoms. The van der Waals surface area contributed by atoms with Crippen LogP contribution in [0.3, 0.4) is 0 Å². The molecular formula is C11H21N3OS. The Balaban J connectivity index is 0.000000221. The second kappa shape index (κ2) is 4.30. The molecule has 2 rings (SSSR count). The summed E-state index contributed by atoms with van der Waals surface area (Å²) in [4.78, 5) is 11.6. The van der Waals surface area contributed by atoms with Gasteiger partial charge in [-0.25, -0.2) is 5.84 Å². The number of nitrogens with two attached hydrogens (primary N) is 2. The fraction of sp³-hybridized carbons (Fsp3) is 0.818. The van der Waals surface area contributed by atoms with Gasteiger partial charge in [0.25, 0.3) is 0 Å². The summed E-state index contributed by atoms with van der Waals surface area (Å²) in [5, 5.41) is 0.116. The van der Waals surface area contributed by atoms with Crippen LogP contribution in [-0.2, 0) is 4.79 Å². The maximum Gasteiger partial charge on any atom is 0.177 e. The van der Waals surface area contributed by atoms with Gasteiger partial charge in [0.05, 0.1) is 0 Å². The van der Waals surface area contributed by atoms with E-state index in [-0.39, 0.29) is 15.9 Å². The van der Waals surface area contributed by atoms with Crippen molar-refractivity contribution in [2.24, 2.45) is 28.3 Å². The van der Waals surface area contributed by atoms with Crippen molar-refractivity contribution in [3.63, 3.8) is 0 Å². The second-order valence-electron chi connectivity index (χ2n) is 5.43. The van der Waals surface area contributed by atoms with Crippen LogP contribution in [0.5, 0.6) is 0 Å². The molecule has 0 aromatic rings. The lowest BCUT2D eigenvalue weighted by Gasteiger charge is -2.32. The number of rotatable bonds is 0. The van der Waals surface area contributed by atoms with E-state index in [0.29, 0.717) is 11.7 Å². The Bertz CT molecular complexity index is 316. The van der Waals surface area contributed by atoms with Gasteiger partial charge in [-0.05, 0) is 36.4 Å². The van der Waals surface area contributed by atoms with Gasteiger partial charge in [-0.15, -0.1) is 0 Å². The third-order valence-corrected chi connectivity index (χ3v) is 4.74. The number of Topliss-reactive ketones (excluding diaryl/α,β-unsaturated/α-hetero) is 1. The van der Waals surface area contributed by atoms with Gasteiger partial charge in [0.1, 0.15) is 5.78 Å². The number of carbonyl (C=O) groups is 1. The van der Waals surface area contributed by atoms with Gasteiger partial charge < -0.3 is 11.2 Å². The molecule has 2 saturated carbocycles. The average molecular weight is 243 g/mol. The fourth-order valence-corrected chi connectivity index (χ4v) is 2.90. The number of hydrogen-bond donors (Lipinski definition) is 3. The van der Waals surface area contributed by atoms with Crippen LogP contribution in [0.15, 0.2) is 0 Å². The normalized spacial score (nSPS) is 34.2. The minimum Gasteiger partial charge on any atom is -0.375 e. The zero-order valence-corrected chi connectivity index (χ0v) is 11.0. The molecule has 2 aliphatic carbocycles. The molecule has 2 unspecified atom stereocenters. The molecule has 2 atom stereocenters. The monoisotopic (exact) mass is 243 g/mol. The lowest BCUT2D eigenvalue weighted by Crippen LogP contribution is -2.34. The third-order valence-electron chi connectivity index (χ3n) is 4.63. The predicted molar refractivity (Wildman–Crippen MR) is 68.3 cm³/mol. The first kappa shape index (κ1) is 13.4. The highest BCUT2D eigenvalue weighted by molar-refractivity contribution is 7.80. The van der Waals surface area contributed by atoms with Crippen LogP contribution in [0.1, 0.15) is 40.0 Å². The molecule has 0 aliphatic heterocycles. The summed E-state index contributed by atoms with van der Waals surface area (Å²) >= 11 is 4.24. The Hall–Kier alpha value is -0.680. The lowest BCUT2D eigenvalue weighted by atomic mass is 9.70. The van der Waals surface area contributed by atoms with E-state index >= 15 is 0 Å². The van der Waals surface area contributed by atoms with E-state index in [2.05, 4.69) is 38.8 Å². The van der Waals surface area contributed by atoms with Crippen LogP contribution in [0.25, 0.3) is 0 Å². The van der Waals surface area contributed by atoms with Crippen LogP contribution < -0.4 is 17.0 Å². The van der Waals surface area contributed by atoms with E-state index in [4.69, 9.17) is 5.73 Å². The largest absolute Gasteiger partial charge is 0.375 e. The molecule has 92 valence electrons. The van der Waals surface area contributed by atoms with Crippen LogP contribution in [0.4, 0.5) is 0 Å². The lowest BCUT2D eigenvalue weighted by molar-refractivity contribution is -0.128. The number of fused-ring (bicyclic) bond motifs is 2. The molecule has 0 heterocycles. The SMILES string of the molecule is CC12CCC(CC1=O)C2(C)C.NNC(N)=S. The summed E-state index contributed by atoms with van der Waals surface area (Å²) < 4.78 is 0. The molecule has 0 aromatic heterocycles. The molecule has 4 nitrogen and oxygen atoms in total. The molecule has 16 heavy (non-hydrogen) atoms. The quantitative estimate of drug-likeness (QED) is 0.337. The molecule has 0 spiro atoms. The van der Waals surface area contributed by atoms with Gasteiger partial charge >= 0.3 is 0 Å². The summed E-state index contributed by atoms with van der Waals surface area (Å²) in [6.45, 7) is 6.67. The van der Waals surface area contributed by atoms with E-state index in [0.717, 1.165) is 12.8 Å². The first-order valence-corrected chi connectivity index (χ1v) is 5.96. The van der Waals surface area contributed by atoms with Crippen molar-refractivity contribution in [2.75, 3.05) is 0 Å². The Kier molecular flexibility index (Phi) is 3.59. The smallest absolute Gasteiger partial charge is 0.177 e. The maximum atomic E-state index is 11.6. The van der Waals surface area contributed by atoms with Gasteiger partial charge in [-0.1, -0.05) is 20.8 Å². The van der Waals surface area contributed by atoms with Crippen molar-refractivity contribution in [3.05, 3.63) is 0 Å². The first-order valence-electron chi connectivity index (χ1n) is 5.55. The molecule has 0 amide bonds. The number of hydrogen-bond acceptors (Lipinski definition) is 3. The summed E-state index contributed by atoms with van der Waals surface area (Å²) in [5.74, 6) is 5.85. The molecule has 2 fully saturated rings. The Morgan fingerprint density at radius 1 is 1.50 bits per heavy atom. The fourth-order valence-electron chi connectivity index (χ4n) is 2.90. The van der Waals surface area contributed by atoms with Crippen molar-refractivity contribution >= 4 is 23.1 Å². The van der Waals surface area contributed by atoms with Crippen LogP contribution >= 0.6 is 12.2 Å². The van der Waals surface area contributed by atoms with Crippen molar-refractivity contribution in [2.45, 2.75) is 40.0 Å². The summed E-state index contributed by atoms with van der Waals surface area (Å²) in [7, 11) is 0. The van der Waals surface area contributed by atoms with Gasteiger partial charge in [-0.3, -0.25) is 4.79 Å². The zero-order chi connectivity index (χ0) is 12.6. The van der Waals surface area contributed by atoms with Crippen LogP contribution in [0.2, 0.25) is 0 Å². The van der Waals surface area contributed by atoms with Gasteiger partial charge in [0.2, 0.25) is 0 Å². The summed E-state index contributed by atoms with van der Waals surface area (Å²) in [5.41, 5.74) is 7.13. The van der Waals surface area contributed by atoms with Crippen molar-refractivity contribution in [1.82, 2.24) is 5.43 Å². The molecule has 0 aromatic carbocycles. The minimum atomic E-state index is 0.0255. The summed E-state index contributed by atoms with van der Waals surface area (Å²) in [6, 6.07) is 0. The van der Waals surface area contributed by atoms with E-state index in [1.807, 2.05) is 5.43 Å². The summed E-state index contributed by atoms with van der Waals surface area (Å²) in [6.07, 6.45) is 3.25. The highest BCUT2D eigenvalue weighted by Gasteiger charge is 2.61. The zero-order valence-electron chi connectivity index (χ0n) is 10.2. The van der Waals surface area contributed by atoms with Gasteiger partial charge in [-0.2, -0.15) is 0 Å². The van der Waals surface area contributed by atoms with E-state index < -0.39 is 0 Å². The average Bonchev–Trinajstić information content (AvgIpc) is 2.51. The molecule has 5 N–H and O–H groups in total. The Morgan fingerprint density at radius 3 is 2.12 bits per heavy atom. The molecule has 2 aliphatic rings. The van der Waals surface area contributed by atoms with Crippen LogP contribution in [0, 0.1) is 16.7 Å². The number of thiocarbonyl (C=S) groups is 1. The highest BCUT2D eigenvalue weighted by Crippen LogP contribution is 2.63. The van der Waals surface area contributed by atoms with E-state index in [1.165, 1.54) is 6.42 Å². The van der Waals surface area contributed by atoms with Gasteiger partial charge in [0, 0.05) is 11.8 Å². The standard InChI is InChI=1S/C10H16O.CH5N3S/c1-9(2)7-4-5-10(9,3)8(11)6-7;2-1(5)4-3/h7H,4-6H2,1-3H3;3H2,(H3,2,4,5). The maximum absolute atomic E-state index is 11.6. The number of ketones is 1. The first-order chi connectivity index (χ1) is 7.25. The van der Waals surface area contributed by atoms with E-state index in [1.54, 1.807) is 0 Å². The van der Waals surface area contributed by atoms with Crippen LogP contribution in [-0.4, -0.2) is 10.9 Å². The predicted octanol–water partition coefficient (Wildman–Crippen LogP) is 1.09. The molecular weight excluding hydrogens is 222 g/mol. The molecule has 0 saturated heterocycles. The molecule has 0 radical (unpaired) electrons. The minimum absolute atomic E-state index is 0.0255. The third kappa shape index (κ3) is 1.94. The van der Waals surface area contributed by atoms with Crippen molar-refractivity contribution < 1.29 is 4.79 Å². The Morgan fingerprint density at radius 2 is 2.00 bits per heavy atom. The topological polar surface area (TPSA) is 81.1 Å². The van der Waals surface area contributed by atoms with E-state index in [9.17, 15) is 4.79 Å².